The number of rotatable bonds is 7. The van der Waals surface area contributed by atoms with E-state index in [0.717, 1.165) is 13.0 Å². The first-order valence-corrected chi connectivity index (χ1v) is 19.7. The fourth-order valence-corrected chi connectivity index (χ4v) is 12.8. The van der Waals surface area contributed by atoms with Crippen molar-refractivity contribution in [3.05, 3.63) is 0 Å². The van der Waals surface area contributed by atoms with Crippen molar-refractivity contribution >= 4 is 17.9 Å². The van der Waals surface area contributed by atoms with Crippen LogP contribution >= 0.6 is 0 Å². The van der Waals surface area contributed by atoms with Gasteiger partial charge in [0, 0.05) is 43.3 Å². The minimum atomic E-state index is -2.09. The van der Waals surface area contributed by atoms with Crippen LogP contribution in [0.5, 0.6) is 0 Å². The van der Waals surface area contributed by atoms with Crippen molar-refractivity contribution in [1.82, 2.24) is 4.90 Å². The maximum atomic E-state index is 13.8. The van der Waals surface area contributed by atoms with Gasteiger partial charge in [0.05, 0.1) is 29.1 Å². The van der Waals surface area contributed by atoms with Gasteiger partial charge in [-0.3, -0.25) is 14.5 Å². The van der Waals surface area contributed by atoms with Crippen molar-refractivity contribution < 1.29 is 58.9 Å². The van der Waals surface area contributed by atoms with Crippen LogP contribution in [0.4, 0.5) is 0 Å². The Hall–Kier alpha value is -1.87. The number of ether oxygens (including phenoxy) is 4. The number of carbonyl (C=O) groups excluding carboxylic acids is 3. The van der Waals surface area contributed by atoms with E-state index in [0.29, 0.717) is 38.1 Å². The Balaban J connectivity index is 1.40. The molecule has 0 aromatic carbocycles. The molecule has 7 fully saturated rings. The molecular formula is C39H61NO12. The largest absolute Gasteiger partial charge is 0.462 e. The molecule has 18 atom stereocenters. The van der Waals surface area contributed by atoms with E-state index >= 15 is 0 Å². The molecule has 294 valence electrons. The van der Waals surface area contributed by atoms with E-state index in [4.69, 9.17) is 18.9 Å². The molecule has 52 heavy (non-hydrogen) atoms. The smallest absolute Gasteiger partial charge is 0.338 e. The van der Waals surface area contributed by atoms with Gasteiger partial charge in [0.1, 0.15) is 11.7 Å². The first kappa shape index (κ1) is 38.4. The van der Waals surface area contributed by atoms with Gasteiger partial charge in [-0.25, -0.2) is 4.79 Å². The quantitative estimate of drug-likeness (QED) is 0.189. The molecule has 0 aromatic rings. The van der Waals surface area contributed by atoms with Crippen molar-refractivity contribution in [2.24, 2.45) is 46.8 Å². The Morgan fingerprint density at radius 1 is 1.04 bits per heavy atom. The second kappa shape index (κ2) is 12.3. The van der Waals surface area contributed by atoms with Crippen LogP contribution in [-0.4, -0.2) is 120 Å². The molecule has 13 heteroatoms. The Morgan fingerprint density at radius 3 is 2.37 bits per heavy atom. The maximum absolute atomic E-state index is 13.8. The topological polar surface area (TPSA) is 193 Å². The summed E-state index contributed by atoms with van der Waals surface area (Å²) in [4.78, 5) is 42.0. The summed E-state index contributed by atoms with van der Waals surface area (Å²) < 4.78 is 25.2. The predicted molar refractivity (Wildman–Crippen MR) is 184 cm³/mol. The number of hydrogen-bond donors (Lipinski definition) is 5. The van der Waals surface area contributed by atoms with Crippen molar-refractivity contribution in [2.75, 3.05) is 13.1 Å². The Labute approximate surface area is 306 Å². The van der Waals surface area contributed by atoms with Crippen LogP contribution in [0.1, 0.15) is 107 Å². The van der Waals surface area contributed by atoms with E-state index in [1.54, 1.807) is 20.8 Å². The maximum Gasteiger partial charge on any atom is 0.338 e. The minimum Gasteiger partial charge on any atom is -0.462 e. The van der Waals surface area contributed by atoms with Crippen LogP contribution in [0, 0.1) is 46.8 Å². The van der Waals surface area contributed by atoms with E-state index in [-0.39, 0.29) is 25.3 Å². The van der Waals surface area contributed by atoms with Crippen LogP contribution in [0.2, 0.25) is 0 Å². The van der Waals surface area contributed by atoms with Crippen molar-refractivity contribution in [3.8, 4) is 0 Å². The lowest BCUT2D eigenvalue weighted by Crippen LogP contribution is -2.77. The third-order valence-electron chi connectivity index (χ3n) is 15.7. The number of esters is 3. The Morgan fingerprint density at radius 2 is 1.73 bits per heavy atom. The molecule has 3 aliphatic heterocycles. The second-order valence-electron chi connectivity index (χ2n) is 18.6. The van der Waals surface area contributed by atoms with E-state index in [2.05, 4.69) is 11.8 Å². The molecule has 4 saturated carbocycles. The van der Waals surface area contributed by atoms with Crippen molar-refractivity contribution in [3.63, 3.8) is 0 Å². The molecule has 0 radical (unpaired) electrons. The summed E-state index contributed by atoms with van der Waals surface area (Å²) in [7, 11) is 0. The van der Waals surface area contributed by atoms with Crippen LogP contribution in [-0.2, 0) is 33.3 Å². The summed E-state index contributed by atoms with van der Waals surface area (Å²) in [5.74, 6) is -7.97. The molecule has 0 amide bonds. The molecule has 13 nitrogen and oxygen atoms in total. The van der Waals surface area contributed by atoms with Gasteiger partial charge in [-0.05, 0) is 83.0 Å². The van der Waals surface area contributed by atoms with E-state index in [9.17, 15) is 39.9 Å². The normalized spacial score (nSPS) is 52.2. The number of carbonyl (C=O) groups is 3. The molecule has 7 rings (SSSR count). The zero-order valence-corrected chi connectivity index (χ0v) is 32.0. The van der Waals surface area contributed by atoms with E-state index < -0.39 is 111 Å². The zero-order chi connectivity index (χ0) is 38.1. The lowest BCUT2D eigenvalue weighted by Gasteiger charge is -2.64. The van der Waals surface area contributed by atoms with Crippen LogP contribution in [0.15, 0.2) is 0 Å². The fourth-order valence-electron chi connectivity index (χ4n) is 12.8. The Bertz CT molecular complexity index is 1470. The average molecular weight is 736 g/mol. The third-order valence-corrected chi connectivity index (χ3v) is 15.7. The van der Waals surface area contributed by atoms with Gasteiger partial charge in [0.15, 0.2) is 17.8 Å². The van der Waals surface area contributed by atoms with Crippen molar-refractivity contribution in [2.45, 2.75) is 165 Å². The van der Waals surface area contributed by atoms with Gasteiger partial charge in [0.2, 0.25) is 5.79 Å². The highest BCUT2D eigenvalue weighted by atomic mass is 16.7. The number of piperidine rings is 2. The van der Waals surface area contributed by atoms with Crippen LogP contribution in [0.3, 0.4) is 0 Å². The van der Waals surface area contributed by atoms with Gasteiger partial charge < -0.3 is 44.5 Å². The molecular weight excluding hydrogens is 674 g/mol. The number of hydrogen-bond acceptors (Lipinski definition) is 13. The SMILES string of the molecule is CCC(C)C(=O)O[C@H]1CC[C@@]2(C)C3CC(OC(C)=O)C4[C@@]5(O)C(C[C@@]42O[C@@]31O)C1CN2C[C@@H](C)CC[C@H]2C(C)(O)C1[C@@H](O)[C@@H]5OC(=O)C(C)(O)CC. The summed E-state index contributed by atoms with van der Waals surface area (Å²) in [6.07, 6.45) is -2.13. The third kappa shape index (κ3) is 5.01. The average Bonchev–Trinajstić information content (AvgIpc) is 3.34. The molecule has 9 unspecified atom stereocenters. The molecule has 4 bridgehead atoms. The van der Waals surface area contributed by atoms with Crippen molar-refractivity contribution in [1.29, 1.82) is 0 Å². The monoisotopic (exact) mass is 735 g/mol. The summed E-state index contributed by atoms with van der Waals surface area (Å²) >= 11 is 0. The molecule has 0 aromatic heterocycles. The lowest BCUT2D eigenvalue weighted by molar-refractivity contribution is -0.301. The molecule has 4 aliphatic carbocycles. The summed E-state index contributed by atoms with van der Waals surface area (Å²) in [5.41, 5.74) is -7.68. The van der Waals surface area contributed by atoms with Crippen LogP contribution in [0.25, 0.3) is 0 Å². The number of nitrogens with zero attached hydrogens (tertiary/aromatic N) is 1. The first-order chi connectivity index (χ1) is 24.1. The van der Waals surface area contributed by atoms with Gasteiger partial charge in [-0.1, -0.05) is 34.6 Å². The Kier molecular flexibility index (Phi) is 9.10. The molecule has 3 saturated heterocycles. The molecule has 1 spiro atoms. The van der Waals surface area contributed by atoms with Gasteiger partial charge in [-0.2, -0.15) is 0 Å². The summed E-state index contributed by atoms with van der Waals surface area (Å²) in [5, 5.41) is 62.4. The standard InChI is InChI=1S/C39H61NO12/c1-9-20(4)32(43)50-27-13-14-34(6)25-15-24(49-21(5)41)30-37(34,52-39(25,27)48)16-23-22-18-40-17-19(3)11-12-26(40)36(8,46)28(22)29(42)31(38(23,30)47)51-33(44)35(7,45)10-2/h19-20,22-31,42,45-48H,9-18H2,1-8H3/t19-,20?,22?,23?,24?,25?,26-,27-,28?,29+,30?,31-,34-,35?,36?,37+,38-,39-/m0/s1. The van der Waals surface area contributed by atoms with E-state index in [1.165, 1.54) is 13.8 Å². The van der Waals surface area contributed by atoms with Gasteiger partial charge in [-0.15, -0.1) is 0 Å². The molecule has 5 N–H and O–H groups in total. The summed E-state index contributed by atoms with van der Waals surface area (Å²) in [6.45, 7) is 14.9. The molecule has 3 heterocycles. The summed E-state index contributed by atoms with van der Waals surface area (Å²) in [6, 6.07) is -0.276. The highest BCUT2D eigenvalue weighted by Crippen LogP contribution is 2.77. The highest BCUT2D eigenvalue weighted by molar-refractivity contribution is 5.79. The number of fused-ring (bicyclic) bond motifs is 5. The zero-order valence-electron chi connectivity index (χ0n) is 32.0. The van der Waals surface area contributed by atoms with Crippen LogP contribution < -0.4 is 0 Å². The minimum absolute atomic E-state index is 0.00554. The molecule has 7 aliphatic rings. The van der Waals surface area contributed by atoms with Gasteiger partial charge in [0.25, 0.3) is 0 Å². The highest BCUT2D eigenvalue weighted by Gasteiger charge is 2.87. The second-order valence-corrected chi connectivity index (χ2v) is 18.6. The lowest BCUT2D eigenvalue weighted by atomic mass is 9.49. The van der Waals surface area contributed by atoms with Gasteiger partial charge >= 0.3 is 17.9 Å². The first-order valence-electron chi connectivity index (χ1n) is 19.7. The fraction of sp³-hybridized carbons (Fsp3) is 0.923. The number of aliphatic hydroxyl groups is 5. The number of aliphatic hydroxyl groups excluding tert-OH is 1. The van der Waals surface area contributed by atoms with E-state index in [1.807, 2.05) is 13.8 Å². The predicted octanol–water partition coefficient (Wildman–Crippen LogP) is 2.07.